The Labute approximate surface area is 121 Å². The van der Waals surface area contributed by atoms with Crippen LogP contribution in [0.3, 0.4) is 0 Å². The van der Waals surface area contributed by atoms with Crippen LogP contribution in [0.1, 0.15) is 18.0 Å². The first-order chi connectivity index (χ1) is 9.63. The van der Waals surface area contributed by atoms with Gasteiger partial charge in [0.2, 0.25) is 0 Å². The van der Waals surface area contributed by atoms with Crippen molar-refractivity contribution >= 4 is 17.6 Å². The van der Waals surface area contributed by atoms with Crippen LogP contribution in [0.25, 0.3) is 0 Å². The molecule has 1 unspecified atom stereocenters. The second-order valence-corrected chi connectivity index (χ2v) is 4.64. The Hall–Kier alpha value is -1.90. The van der Waals surface area contributed by atoms with Gasteiger partial charge in [-0.25, -0.2) is 0 Å². The number of hydrogen-bond donors (Lipinski definition) is 2. The Bertz CT molecular complexity index is 553. The van der Waals surface area contributed by atoms with Gasteiger partial charge in [-0.05, 0) is 17.7 Å². The summed E-state index contributed by atoms with van der Waals surface area (Å²) in [5.41, 5.74) is 0.474. The van der Waals surface area contributed by atoms with Gasteiger partial charge in [0, 0.05) is 6.42 Å². The average Bonchev–Trinajstić information content (AvgIpc) is 2.64. The van der Waals surface area contributed by atoms with Gasteiger partial charge >= 0.3 is 5.97 Å². The van der Waals surface area contributed by atoms with Crippen molar-refractivity contribution in [2.45, 2.75) is 12.5 Å². The van der Waals surface area contributed by atoms with E-state index in [1.807, 2.05) is 0 Å². The standard InChI is InChI=1S/C14H14ClNO4/c1-2-4-16-12(14(17)18)9-7-10(15)13-11(8-9)19-5-3-6-20-13/h1,7-8,12,16H,3-6H2,(H,17,18). The van der Waals surface area contributed by atoms with Gasteiger partial charge in [0.15, 0.2) is 11.5 Å². The first-order valence-corrected chi connectivity index (χ1v) is 6.50. The van der Waals surface area contributed by atoms with E-state index in [2.05, 4.69) is 11.2 Å². The van der Waals surface area contributed by atoms with Crippen molar-refractivity contribution in [2.24, 2.45) is 0 Å². The summed E-state index contributed by atoms with van der Waals surface area (Å²) in [6.07, 6.45) is 5.89. The number of fused-ring (bicyclic) bond motifs is 1. The molecule has 0 aliphatic carbocycles. The molecule has 0 saturated heterocycles. The van der Waals surface area contributed by atoms with Crippen LogP contribution in [0.5, 0.6) is 11.5 Å². The number of carboxylic acids is 1. The second-order valence-electron chi connectivity index (χ2n) is 4.24. The highest BCUT2D eigenvalue weighted by atomic mass is 35.5. The van der Waals surface area contributed by atoms with Crippen molar-refractivity contribution < 1.29 is 19.4 Å². The van der Waals surface area contributed by atoms with E-state index < -0.39 is 12.0 Å². The van der Waals surface area contributed by atoms with Crippen molar-refractivity contribution in [2.75, 3.05) is 19.8 Å². The van der Waals surface area contributed by atoms with E-state index in [1.165, 1.54) is 0 Å². The topological polar surface area (TPSA) is 67.8 Å². The molecule has 1 heterocycles. The number of terminal acetylenes is 1. The summed E-state index contributed by atoms with van der Waals surface area (Å²) in [7, 11) is 0. The zero-order valence-electron chi connectivity index (χ0n) is 10.7. The summed E-state index contributed by atoms with van der Waals surface area (Å²) in [4.78, 5) is 11.3. The third-order valence-corrected chi connectivity index (χ3v) is 3.09. The lowest BCUT2D eigenvalue weighted by Crippen LogP contribution is -2.28. The van der Waals surface area contributed by atoms with E-state index >= 15 is 0 Å². The van der Waals surface area contributed by atoms with Crippen molar-refractivity contribution in [1.29, 1.82) is 0 Å². The molecule has 0 saturated carbocycles. The summed E-state index contributed by atoms with van der Waals surface area (Å²) in [6.45, 7) is 1.16. The van der Waals surface area contributed by atoms with E-state index in [9.17, 15) is 9.90 Å². The zero-order chi connectivity index (χ0) is 14.5. The highest BCUT2D eigenvalue weighted by Gasteiger charge is 2.23. The average molecular weight is 296 g/mol. The Morgan fingerprint density at radius 3 is 2.95 bits per heavy atom. The molecule has 0 aromatic heterocycles. The molecular formula is C14H14ClNO4. The monoisotopic (exact) mass is 295 g/mol. The van der Waals surface area contributed by atoms with Crippen LogP contribution in [-0.2, 0) is 4.79 Å². The fourth-order valence-corrected chi connectivity index (χ4v) is 2.20. The van der Waals surface area contributed by atoms with Gasteiger partial charge in [-0.15, -0.1) is 6.42 Å². The molecule has 2 rings (SSSR count). The van der Waals surface area contributed by atoms with Gasteiger partial charge in [0.05, 0.1) is 24.8 Å². The Balaban J connectivity index is 2.36. The molecular weight excluding hydrogens is 282 g/mol. The summed E-state index contributed by atoms with van der Waals surface area (Å²) in [5.74, 6) is 2.22. The van der Waals surface area contributed by atoms with Crippen molar-refractivity contribution in [3.8, 4) is 23.8 Å². The first-order valence-electron chi connectivity index (χ1n) is 6.12. The van der Waals surface area contributed by atoms with Gasteiger partial charge in [-0.1, -0.05) is 17.5 Å². The summed E-state index contributed by atoms with van der Waals surface area (Å²) in [6, 6.07) is 2.23. The quantitative estimate of drug-likeness (QED) is 0.830. The third-order valence-electron chi connectivity index (χ3n) is 2.81. The number of carboxylic acid groups (broad SMARTS) is 1. The first kappa shape index (κ1) is 14.5. The summed E-state index contributed by atoms with van der Waals surface area (Å²) >= 11 is 6.14. The number of benzene rings is 1. The van der Waals surface area contributed by atoms with E-state index in [-0.39, 0.29) is 6.54 Å². The molecule has 0 amide bonds. The van der Waals surface area contributed by atoms with Crippen LogP contribution in [0.4, 0.5) is 0 Å². The van der Waals surface area contributed by atoms with E-state index in [0.29, 0.717) is 35.3 Å². The molecule has 0 fully saturated rings. The zero-order valence-corrected chi connectivity index (χ0v) is 11.4. The third kappa shape index (κ3) is 3.16. The molecule has 6 heteroatoms. The molecule has 0 radical (unpaired) electrons. The lowest BCUT2D eigenvalue weighted by Gasteiger charge is -2.16. The lowest BCUT2D eigenvalue weighted by molar-refractivity contribution is -0.139. The Morgan fingerprint density at radius 1 is 1.50 bits per heavy atom. The fourth-order valence-electron chi connectivity index (χ4n) is 1.93. The smallest absolute Gasteiger partial charge is 0.325 e. The highest BCUT2D eigenvalue weighted by Crippen LogP contribution is 2.39. The summed E-state index contributed by atoms with van der Waals surface area (Å²) in [5, 5.41) is 12.3. The minimum Gasteiger partial charge on any atom is -0.489 e. The van der Waals surface area contributed by atoms with Crippen LogP contribution in [-0.4, -0.2) is 30.8 Å². The summed E-state index contributed by atoms with van der Waals surface area (Å²) < 4.78 is 11.0. The number of ether oxygens (including phenoxy) is 2. The Kier molecular flexibility index (Phi) is 4.72. The van der Waals surface area contributed by atoms with E-state index in [4.69, 9.17) is 27.5 Å². The maximum absolute atomic E-state index is 11.3. The predicted molar refractivity (Wildman–Crippen MR) is 74.3 cm³/mol. The lowest BCUT2D eigenvalue weighted by atomic mass is 10.1. The molecule has 20 heavy (non-hydrogen) atoms. The molecule has 0 spiro atoms. The fraction of sp³-hybridized carbons (Fsp3) is 0.357. The highest BCUT2D eigenvalue weighted by molar-refractivity contribution is 6.32. The van der Waals surface area contributed by atoms with Crippen LogP contribution in [0, 0.1) is 12.3 Å². The predicted octanol–water partition coefficient (Wildman–Crippen LogP) is 1.85. The molecule has 106 valence electrons. The molecule has 1 aromatic carbocycles. The number of carbonyl (C=O) groups is 1. The maximum atomic E-state index is 11.3. The van der Waals surface area contributed by atoms with E-state index in [0.717, 1.165) is 6.42 Å². The minimum absolute atomic E-state index is 0.142. The maximum Gasteiger partial charge on any atom is 0.325 e. The molecule has 2 N–H and O–H groups in total. The van der Waals surface area contributed by atoms with Crippen LogP contribution in [0.15, 0.2) is 12.1 Å². The van der Waals surface area contributed by atoms with Crippen LogP contribution < -0.4 is 14.8 Å². The number of halogens is 1. The van der Waals surface area contributed by atoms with Gasteiger partial charge in [0.25, 0.3) is 0 Å². The molecule has 0 bridgehead atoms. The van der Waals surface area contributed by atoms with Gasteiger partial charge < -0.3 is 14.6 Å². The Morgan fingerprint density at radius 2 is 2.25 bits per heavy atom. The van der Waals surface area contributed by atoms with Crippen LogP contribution in [0.2, 0.25) is 5.02 Å². The molecule has 5 nitrogen and oxygen atoms in total. The number of hydrogen-bond acceptors (Lipinski definition) is 4. The number of rotatable bonds is 4. The largest absolute Gasteiger partial charge is 0.489 e. The van der Waals surface area contributed by atoms with Crippen molar-refractivity contribution in [1.82, 2.24) is 5.32 Å². The molecule has 1 aromatic rings. The van der Waals surface area contributed by atoms with Crippen molar-refractivity contribution in [3.05, 3.63) is 22.7 Å². The van der Waals surface area contributed by atoms with Gasteiger partial charge in [-0.3, -0.25) is 10.1 Å². The molecule has 1 aliphatic heterocycles. The second kappa shape index (κ2) is 6.51. The van der Waals surface area contributed by atoms with Gasteiger partial charge in [0.1, 0.15) is 6.04 Å². The number of aliphatic carboxylic acids is 1. The normalized spacial score (nSPS) is 15.0. The SMILES string of the molecule is C#CCNC(C(=O)O)c1cc(Cl)c2c(c1)OCCCO2. The number of nitrogens with one attached hydrogen (secondary N) is 1. The van der Waals surface area contributed by atoms with E-state index in [1.54, 1.807) is 12.1 Å². The van der Waals surface area contributed by atoms with Gasteiger partial charge in [-0.2, -0.15) is 0 Å². The molecule has 1 aliphatic rings. The molecule has 1 atom stereocenters. The van der Waals surface area contributed by atoms with Crippen LogP contribution >= 0.6 is 11.6 Å². The minimum atomic E-state index is -1.04. The van der Waals surface area contributed by atoms with Crippen molar-refractivity contribution in [3.63, 3.8) is 0 Å².